The van der Waals surface area contributed by atoms with Gasteiger partial charge in [-0.2, -0.15) is 0 Å². The van der Waals surface area contributed by atoms with Crippen LogP contribution in [0.25, 0.3) is 5.00 Å². The number of aryl methyl sites for hydroxylation is 1. The highest BCUT2D eigenvalue weighted by molar-refractivity contribution is 7.15. The number of amides is 2. The smallest absolute Gasteiger partial charge is 0.310 e. The molecule has 0 radical (unpaired) electrons. The maximum Gasteiger partial charge on any atom is 0.322 e. The molecule has 0 spiro atoms. The summed E-state index contributed by atoms with van der Waals surface area (Å²) in [5.74, 6) is -0.300. The van der Waals surface area contributed by atoms with Gasteiger partial charge in [-0.1, -0.05) is 29.8 Å². The van der Waals surface area contributed by atoms with Crippen molar-refractivity contribution in [2.45, 2.75) is 32.5 Å². The molecule has 2 aliphatic rings. The average molecular weight is 521 g/mol. The molecular weight excluding hydrogens is 495 g/mol. The van der Waals surface area contributed by atoms with E-state index < -0.39 is 0 Å². The Bertz CT molecular complexity index is 1460. The third-order valence-electron chi connectivity index (χ3n) is 7.14. The van der Waals surface area contributed by atoms with Crippen LogP contribution in [0.4, 0.5) is 14.9 Å². The van der Waals surface area contributed by atoms with Gasteiger partial charge in [-0.25, -0.2) is 9.18 Å². The van der Waals surface area contributed by atoms with Crippen molar-refractivity contribution in [2.24, 2.45) is 0 Å². The van der Waals surface area contributed by atoms with E-state index in [1.807, 2.05) is 41.4 Å². The molecule has 0 fully saturated rings. The summed E-state index contributed by atoms with van der Waals surface area (Å²) < 4.78 is 16.1. The van der Waals surface area contributed by atoms with E-state index in [1.54, 1.807) is 18.2 Å². The Balaban J connectivity index is 1.50. The van der Waals surface area contributed by atoms with Crippen LogP contribution in [0.2, 0.25) is 5.02 Å². The average Bonchev–Trinajstić information content (AvgIpc) is 3.43. The zero-order valence-corrected chi connectivity index (χ0v) is 21.7. The van der Waals surface area contributed by atoms with Gasteiger partial charge in [-0.15, -0.1) is 11.3 Å². The molecule has 2 amide bonds. The first-order chi connectivity index (χ1) is 17.4. The van der Waals surface area contributed by atoms with E-state index in [4.69, 9.17) is 11.6 Å². The zero-order valence-electron chi connectivity index (χ0n) is 20.1. The Morgan fingerprint density at radius 3 is 2.72 bits per heavy atom. The fourth-order valence-electron chi connectivity index (χ4n) is 5.26. The van der Waals surface area contributed by atoms with Gasteiger partial charge in [0.15, 0.2) is 0 Å². The number of carbonyl (C=O) groups excluding carboxylic acids is 1. The quantitative estimate of drug-likeness (QED) is 0.317. The lowest BCUT2D eigenvalue weighted by Gasteiger charge is -2.32. The summed E-state index contributed by atoms with van der Waals surface area (Å²) in [5, 5.41) is 4.83. The van der Waals surface area contributed by atoms with Gasteiger partial charge in [0.2, 0.25) is 0 Å². The number of aromatic nitrogens is 1. The summed E-state index contributed by atoms with van der Waals surface area (Å²) >= 11 is 8.05. The molecule has 5 nitrogen and oxygen atoms in total. The molecular formula is C28H26ClFN4OS. The van der Waals surface area contributed by atoms with Gasteiger partial charge >= 0.3 is 6.03 Å². The molecule has 0 bridgehead atoms. The van der Waals surface area contributed by atoms with E-state index in [1.165, 1.54) is 28.1 Å². The van der Waals surface area contributed by atoms with E-state index in [-0.39, 0.29) is 17.9 Å². The zero-order chi connectivity index (χ0) is 25.0. The molecule has 36 heavy (non-hydrogen) atoms. The molecule has 1 atom stereocenters. The van der Waals surface area contributed by atoms with Crippen LogP contribution in [0.3, 0.4) is 0 Å². The first-order valence-electron chi connectivity index (χ1n) is 12.0. The van der Waals surface area contributed by atoms with E-state index in [0.717, 1.165) is 41.3 Å². The standard InChI is InChI=1S/C28H26ClFN4OS/c1-17-5-8-19(29)14-23(17)31-28(35)34-15-22-21-11-13-32(2)16-25(21)36-27(22)33-12-3-4-24(33)26(34)18-6-9-20(30)10-7-18/h3-10,12,14,26H,11,13,15-16H2,1-2H3,(H,31,35). The summed E-state index contributed by atoms with van der Waals surface area (Å²) in [7, 11) is 2.15. The number of halogens is 2. The fourth-order valence-corrected chi connectivity index (χ4v) is 6.88. The Kier molecular flexibility index (Phi) is 5.86. The second-order valence-corrected chi connectivity index (χ2v) is 11.1. The number of rotatable bonds is 2. The number of urea groups is 1. The maximum absolute atomic E-state index is 14.0. The third kappa shape index (κ3) is 4.01. The highest BCUT2D eigenvalue weighted by Gasteiger charge is 2.36. The number of nitrogens with zero attached hydrogens (tertiary/aromatic N) is 3. The van der Waals surface area contributed by atoms with Crippen molar-refractivity contribution in [3.8, 4) is 5.00 Å². The number of benzene rings is 2. The van der Waals surface area contributed by atoms with E-state index >= 15 is 0 Å². The summed E-state index contributed by atoms with van der Waals surface area (Å²) in [5.41, 5.74) is 6.00. The van der Waals surface area contributed by atoms with Crippen LogP contribution in [0.5, 0.6) is 0 Å². The minimum Gasteiger partial charge on any atom is -0.310 e. The second-order valence-electron chi connectivity index (χ2n) is 9.55. The molecule has 1 N–H and O–H groups in total. The number of carbonyl (C=O) groups is 1. The molecule has 4 heterocycles. The Morgan fingerprint density at radius 1 is 1.11 bits per heavy atom. The van der Waals surface area contributed by atoms with Crippen LogP contribution in [-0.4, -0.2) is 34.0 Å². The van der Waals surface area contributed by atoms with E-state index in [9.17, 15) is 9.18 Å². The van der Waals surface area contributed by atoms with E-state index in [2.05, 4.69) is 34.1 Å². The minimum atomic E-state index is -0.387. The van der Waals surface area contributed by atoms with Crippen LogP contribution < -0.4 is 5.32 Å². The van der Waals surface area contributed by atoms with Gasteiger partial charge in [-0.05, 0) is 73.5 Å². The number of likely N-dealkylation sites (N-methyl/N-ethyl adjacent to an activating group) is 1. The van der Waals surface area contributed by atoms with Crippen LogP contribution >= 0.6 is 22.9 Å². The lowest BCUT2D eigenvalue weighted by atomic mass is 10.0. The molecule has 8 heteroatoms. The van der Waals surface area contributed by atoms with Crippen LogP contribution in [0.15, 0.2) is 60.8 Å². The van der Waals surface area contributed by atoms with Gasteiger partial charge in [0.05, 0.1) is 18.3 Å². The number of hydrogen-bond donors (Lipinski definition) is 1. The predicted molar refractivity (Wildman–Crippen MR) is 143 cm³/mol. The topological polar surface area (TPSA) is 40.5 Å². The number of fused-ring (bicyclic) bond motifs is 5. The van der Waals surface area contributed by atoms with Crippen molar-refractivity contribution >= 4 is 34.7 Å². The number of thiophene rings is 1. The number of anilines is 1. The lowest BCUT2D eigenvalue weighted by molar-refractivity contribution is 0.194. The van der Waals surface area contributed by atoms with Crippen molar-refractivity contribution in [2.75, 3.05) is 18.9 Å². The minimum absolute atomic E-state index is 0.219. The molecule has 0 saturated heterocycles. The van der Waals surface area contributed by atoms with Crippen LogP contribution in [0, 0.1) is 12.7 Å². The molecule has 6 rings (SSSR count). The van der Waals surface area contributed by atoms with Gasteiger partial charge in [0, 0.05) is 40.4 Å². The monoisotopic (exact) mass is 520 g/mol. The Morgan fingerprint density at radius 2 is 1.92 bits per heavy atom. The first kappa shape index (κ1) is 23.3. The summed E-state index contributed by atoms with van der Waals surface area (Å²) in [6.07, 6.45) is 3.03. The van der Waals surface area contributed by atoms with Crippen molar-refractivity contribution < 1.29 is 9.18 Å². The Hall–Kier alpha value is -3.13. The number of nitrogens with one attached hydrogen (secondary N) is 1. The van der Waals surface area contributed by atoms with Crippen molar-refractivity contribution in [1.29, 1.82) is 0 Å². The van der Waals surface area contributed by atoms with Crippen molar-refractivity contribution in [3.05, 3.63) is 104 Å². The van der Waals surface area contributed by atoms with Crippen LogP contribution in [-0.2, 0) is 19.5 Å². The van der Waals surface area contributed by atoms with Crippen molar-refractivity contribution in [1.82, 2.24) is 14.4 Å². The summed E-state index contributed by atoms with van der Waals surface area (Å²) in [6.45, 7) is 4.31. The van der Waals surface area contributed by atoms with E-state index in [0.29, 0.717) is 17.3 Å². The first-order valence-corrected chi connectivity index (χ1v) is 13.2. The molecule has 2 aromatic carbocycles. The van der Waals surface area contributed by atoms with Gasteiger partial charge in [-0.3, -0.25) is 0 Å². The molecule has 2 aromatic heterocycles. The Labute approximate surface area is 218 Å². The van der Waals surface area contributed by atoms with Gasteiger partial charge in [0.1, 0.15) is 10.8 Å². The molecule has 1 unspecified atom stereocenters. The summed E-state index contributed by atoms with van der Waals surface area (Å²) in [6, 6.07) is 15.4. The largest absolute Gasteiger partial charge is 0.322 e. The molecule has 184 valence electrons. The lowest BCUT2D eigenvalue weighted by Crippen LogP contribution is -2.38. The molecule has 0 aliphatic carbocycles. The molecule has 4 aromatic rings. The van der Waals surface area contributed by atoms with Gasteiger partial charge in [0.25, 0.3) is 0 Å². The highest BCUT2D eigenvalue weighted by Crippen LogP contribution is 2.43. The van der Waals surface area contributed by atoms with Crippen molar-refractivity contribution in [3.63, 3.8) is 0 Å². The SMILES string of the molecule is Cc1ccc(Cl)cc1NC(=O)N1Cc2c(sc3c2CCN(C)C3)-n2cccc2C1c1ccc(F)cc1. The summed E-state index contributed by atoms with van der Waals surface area (Å²) in [4.78, 5) is 19.6. The number of hydrogen-bond acceptors (Lipinski definition) is 3. The molecule has 2 aliphatic heterocycles. The molecule has 0 saturated carbocycles. The normalized spacial score (nSPS) is 17.2. The third-order valence-corrected chi connectivity index (χ3v) is 8.64. The fraction of sp³-hybridized carbons (Fsp3) is 0.250. The predicted octanol–water partition coefficient (Wildman–Crippen LogP) is 6.76. The van der Waals surface area contributed by atoms with Gasteiger partial charge < -0.3 is 19.7 Å². The highest BCUT2D eigenvalue weighted by atomic mass is 35.5. The second kappa shape index (κ2) is 9.07. The van der Waals surface area contributed by atoms with Crippen LogP contribution in [0.1, 0.15) is 38.9 Å². The maximum atomic E-state index is 14.0.